The van der Waals surface area contributed by atoms with Crippen molar-refractivity contribution in [2.24, 2.45) is 0 Å². The molecule has 0 aliphatic carbocycles. The second-order valence-corrected chi connectivity index (χ2v) is 14.0. The number of carbonyl (C=O) groups is 1. The van der Waals surface area contributed by atoms with Gasteiger partial charge in [0.25, 0.3) is 0 Å². The lowest BCUT2D eigenvalue weighted by molar-refractivity contribution is -0.137. The minimum absolute atomic E-state index is 0.149. The summed E-state index contributed by atoms with van der Waals surface area (Å²) in [5, 5.41) is 0. The van der Waals surface area contributed by atoms with Crippen LogP contribution >= 0.6 is 0 Å². The van der Waals surface area contributed by atoms with Gasteiger partial charge in [0.2, 0.25) is 0 Å². The van der Waals surface area contributed by atoms with Gasteiger partial charge in [0.1, 0.15) is 0 Å². The number of carbonyl (C=O) groups excluding carboxylic acids is 1. The molecule has 0 bridgehead atoms. The fourth-order valence-corrected chi connectivity index (χ4v) is 6.39. The molecular weight excluding hydrogens is 536 g/mol. The molecule has 2 nitrogen and oxygen atoms in total. The first-order valence-electron chi connectivity index (χ1n) is 20.6. The van der Waals surface area contributed by atoms with E-state index in [1.54, 1.807) is 6.08 Å². The van der Waals surface area contributed by atoms with Crippen molar-refractivity contribution in [1.29, 1.82) is 0 Å². The Balaban J connectivity index is 3.20. The molecule has 2 heteroatoms. The van der Waals surface area contributed by atoms with E-state index in [9.17, 15) is 4.79 Å². The van der Waals surface area contributed by atoms with Crippen LogP contribution in [0.3, 0.4) is 0 Å². The van der Waals surface area contributed by atoms with Crippen molar-refractivity contribution in [3.63, 3.8) is 0 Å². The van der Waals surface area contributed by atoms with Crippen molar-refractivity contribution >= 4 is 5.97 Å². The van der Waals surface area contributed by atoms with Crippen LogP contribution in [0.5, 0.6) is 0 Å². The molecule has 0 saturated heterocycles. The second kappa shape index (κ2) is 40.2. The molecule has 0 aromatic carbocycles. The number of hydrogen-bond acceptors (Lipinski definition) is 2. The molecule has 0 unspecified atom stereocenters. The van der Waals surface area contributed by atoms with Crippen LogP contribution < -0.4 is 0 Å². The van der Waals surface area contributed by atoms with E-state index in [1.165, 1.54) is 218 Å². The van der Waals surface area contributed by atoms with Gasteiger partial charge in [-0.2, -0.15) is 0 Å². The van der Waals surface area contributed by atoms with E-state index in [2.05, 4.69) is 13.8 Å². The van der Waals surface area contributed by atoms with Crippen LogP contribution in [-0.2, 0) is 9.53 Å². The average molecular weight is 619 g/mol. The van der Waals surface area contributed by atoms with Crippen LogP contribution in [0.15, 0.2) is 12.2 Å². The first-order valence-corrected chi connectivity index (χ1v) is 20.6. The van der Waals surface area contributed by atoms with Gasteiger partial charge >= 0.3 is 5.97 Å². The summed E-state index contributed by atoms with van der Waals surface area (Å²) < 4.78 is 5.38. The van der Waals surface area contributed by atoms with Gasteiger partial charge in [-0.15, -0.1) is 0 Å². The van der Waals surface area contributed by atoms with Gasteiger partial charge in [-0.05, 0) is 19.3 Å². The Kier molecular flexibility index (Phi) is 39.5. The average Bonchev–Trinajstić information content (AvgIpc) is 3.03. The molecule has 0 aromatic heterocycles. The largest absolute Gasteiger partial charge is 0.463 e. The maximum Gasteiger partial charge on any atom is 0.330 e. The Bertz CT molecular complexity index is 554. The summed E-state index contributed by atoms with van der Waals surface area (Å²) in [7, 11) is 0. The zero-order chi connectivity index (χ0) is 31.9. The second-order valence-electron chi connectivity index (χ2n) is 14.0. The van der Waals surface area contributed by atoms with Crippen LogP contribution in [0.1, 0.15) is 245 Å². The fourth-order valence-electron chi connectivity index (χ4n) is 6.39. The van der Waals surface area contributed by atoms with Crippen LogP contribution in [0, 0.1) is 0 Å². The summed E-state index contributed by atoms with van der Waals surface area (Å²) in [6.07, 6.45) is 53.4. The standard InChI is InChI=1S/C42H82O2/c1-3-5-7-9-11-13-15-17-19-21-22-23-24-25-26-28-30-32-34-36-38-40-42(43)44-41-39-37-35-33-31-29-27-20-18-16-14-12-10-8-6-4-2/h38,40H,3-37,39,41H2,1-2H3. The number of unbranched alkanes of at least 4 members (excludes halogenated alkanes) is 34. The van der Waals surface area contributed by atoms with Gasteiger partial charge in [0.05, 0.1) is 6.61 Å². The van der Waals surface area contributed by atoms with E-state index in [1.807, 2.05) is 6.08 Å². The summed E-state index contributed by atoms with van der Waals surface area (Å²) in [5.74, 6) is -0.149. The van der Waals surface area contributed by atoms with Crippen LogP contribution in [-0.4, -0.2) is 12.6 Å². The van der Waals surface area contributed by atoms with Crippen molar-refractivity contribution in [1.82, 2.24) is 0 Å². The van der Waals surface area contributed by atoms with Crippen molar-refractivity contribution in [2.75, 3.05) is 6.61 Å². The molecule has 0 atom stereocenters. The Hall–Kier alpha value is -0.790. The third-order valence-corrected chi connectivity index (χ3v) is 9.47. The molecule has 0 amide bonds. The van der Waals surface area contributed by atoms with Gasteiger partial charge in [-0.25, -0.2) is 4.79 Å². The maximum atomic E-state index is 11.9. The van der Waals surface area contributed by atoms with Gasteiger partial charge in [0.15, 0.2) is 0 Å². The highest BCUT2D eigenvalue weighted by molar-refractivity contribution is 5.81. The van der Waals surface area contributed by atoms with Gasteiger partial charge in [-0.3, -0.25) is 0 Å². The summed E-state index contributed by atoms with van der Waals surface area (Å²) in [5.41, 5.74) is 0. The van der Waals surface area contributed by atoms with E-state index >= 15 is 0 Å². The Morgan fingerprint density at radius 3 is 0.909 bits per heavy atom. The molecule has 0 N–H and O–H groups in total. The molecular formula is C42H82O2. The van der Waals surface area contributed by atoms with E-state index in [0.29, 0.717) is 6.61 Å². The third-order valence-electron chi connectivity index (χ3n) is 9.47. The lowest BCUT2D eigenvalue weighted by Gasteiger charge is -2.04. The number of rotatable bonds is 38. The van der Waals surface area contributed by atoms with Crippen LogP contribution in [0.4, 0.5) is 0 Å². The lowest BCUT2D eigenvalue weighted by atomic mass is 10.0. The highest BCUT2D eigenvalue weighted by Gasteiger charge is 1.99. The van der Waals surface area contributed by atoms with Gasteiger partial charge in [-0.1, -0.05) is 232 Å². The Labute approximate surface area is 278 Å². The van der Waals surface area contributed by atoms with Crippen molar-refractivity contribution in [3.05, 3.63) is 12.2 Å². The molecule has 0 aliphatic heterocycles. The minimum atomic E-state index is -0.149. The molecule has 262 valence electrons. The molecule has 0 aliphatic rings. The van der Waals surface area contributed by atoms with Crippen molar-refractivity contribution in [3.8, 4) is 0 Å². The van der Waals surface area contributed by atoms with E-state index < -0.39 is 0 Å². The SMILES string of the molecule is CCCCCCCCCCCCCCCCCCCCCC=CC(=O)OCCCCCCCCCCCCCCCCCC. The fraction of sp³-hybridized carbons (Fsp3) is 0.929. The first-order chi connectivity index (χ1) is 21.8. The predicted octanol–water partition coefficient (Wildman–Crippen LogP) is 15.2. The monoisotopic (exact) mass is 619 g/mol. The van der Waals surface area contributed by atoms with Crippen LogP contribution in [0.2, 0.25) is 0 Å². The summed E-state index contributed by atoms with van der Waals surface area (Å²) in [4.78, 5) is 11.9. The predicted molar refractivity (Wildman–Crippen MR) is 198 cm³/mol. The maximum absolute atomic E-state index is 11.9. The lowest BCUT2D eigenvalue weighted by Crippen LogP contribution is -2.02. The Morgan fingerprint density at radius 2 is 0.614 bits per heavy atom. The number of esters is 1. The molecule has 0 rings (SSSR count). The van der Waals surface area contributed by atoms with E-state index in [-0.39, 0.29) is 5.97 Å². The minimum Gasteiger partial charge on any atom is -0.463 e. The third kappa shape index (κ3) is 39.2. The molecule has 0 saturated carbocycles. The van der Waals surface area contributed by atoms with Gasteiger partial charge in [0, 0.05) is 6.08 Å². The van der Waals surface area contributed by atoms with E-state index in [0.717, 1.165) is 12.8 Å². The summed E-state index contributed by atoms with van der Waals surface area (Å²) >= 11 is 0. The number of hydrogen-bond donors (Lipinski definition) is 0. The molecule has 0 fully saturated rings. The van der Waals surface area contributed by atoms with Crippen molar-refractivity contribution in [2.45, 2.75) is 245 Å². The number of ether oxygens (including phenoxy) is 1. The van der Waals surface area contributed by atoms with Gasteiger partial charge < -0.3 is 4.74 Å². The van der Waals surface area contributed by atoms with Crippen LogP contribution in [0.25, 0.3) is 0 Å². The first kappa shape index (κ1) is 43.2. The highest BCUT2D eigenvalue weighted by Crippen LogP contribution is 2.16. The zero-order valence-electron chi connectivity index (χ0n) is 30.6. The zero-order valence-corrected chi connectivity index (χ0v) is 30.6. The van der Waals surface area contributed by atoms with E-state index in [4.69, 9.17) is 4.74 Å². The van der Waals surface area contributed by atoms with Crippen molar-refractivity contribution < 1.29 is 9.53 Å². The molecule has 44 heavy (non-hydrogen) atoms. The molecule has 0 radical (unpaired) electrons. The topological polar surface area (TPSA) is 26.3 Å². The summed E-state index contributed by atoms with van der Waals surface area (Å²) in [6.45, 7) is 5.17. The quantitative estimate of drug-likeness (QED) is 0.0391. The highest BCUT2D eigenvalue weighted by atomic mass is 16.5. The smallest absolute Gasteiger partial charge is 0.330 e. The number of allylic oxidation sites excluding steroid dienone is 1. The molecule has 0 spiro atoms. The summed E-state index contributed by atoms with van der Waals surface area (Å²) in [6, 6.07) is 0. The molecule has 0 heterocycles. The molecule has 0 aromatic rings. The Morgan fingerprint density at radius 1 is 0.364 bits per heavy atom. The normalized spacial score (nSPS) is 11.6.